The summed E-state index contributed by atoms with van der Waals surface area (Å²) in [5, 5.41) is 20.0. The van der Waals surface area contributed by atoms with E-state index in [1.54, 1.807) is 12.1 Å². The number of aliphatic carboxylic acids is 1. The molecule has 1 amide bonds. The van der Waals surface area contributed by atoms with Gasteiger partial charge in [0.05, 0.1) is 0 Å². The molecular formula is C13H16FNO4S. The first-order valence-electron chi connectivity index (χ1n) is 6.05. The first-order chi connectivity index (χ1) is 9.49. The molecule has 7 heteroatoms. The van der Waals surface area contributed by atoms with E-state index in [0.717, 1.165) is 4.90 Å². The molecule has 1 aromatic carbocycles. The van der Waals surface area contributed by atoms with Crippen LogP contribution in [0.15, 0.2) is 29.2 Å². The SMILES string of the molecule is O=C(CCSc1ccc(F)cc1)NCC[C@H](O)C(=O)O. The Bertz CT molecular complexity index is 452. The van der Waals surface area contributed by atoms with Crippen molar-refractivity contribution < 1.29 is 24.2 Å². The van der Waals surface area contributed by atoms with E-state index in [9.17, 15) is 14.0 Å². The smallest absolute Gasteiger partial charge is 0.332 e. The van der Waals surface area contributed by atoms with Crippen LogP contribution in [0.3, 0.4) is 0 Å². The third-order valence-corrected chi connectivity index (χ3v) is 3.45. The van der Waals surface area contributed by atoms with Crippen LogP contribution in [0.4, 0.5) is 4.39 Å². The zero-order valence-corrected chi connectivity index (χ0v) is 11.5. The fraction of sp³-hybridized carbons (Fsp3) is 0.385. The van der Waals surface area contributed by atoms with E-state index in [0.29, 0.717) is 5.75 Å². The fourth-order valence-corrected chi connectivity index (χ4v) is 2.20. The van der Waals surface area contributed by atoms with Crippen LogP contribution in [0.2, 0.25) is 0 Å². The van der Waals surface area contributed by atoms with Gasteiger partial charge in [0.15, 0.2) is 6.10 Å². The molecule has 0 bridgehead atoms. The molecule has 0 unspecified atom stereocenters. The number of hydrogen-bond donors (Lipinski definition) is 3. The summed E-state index contributed by atoms with van der Waals surface area (Å²) < 4.78 is 12.7. The number of carbonyl (C=O) groups is 2. The number of carbonyl (C=O) groups excluding carboxylic acids is 1. The Labute approximate surface area is 120 Å². The molecule has 0 saturated carbocycles. The number of amides is 1. The van der Waals surface area contributed by atoms with Crippen LogP contribution in [-0.2, 0) is 9.59 Å². The van der Waals surface area contributed by atoms with Crippen molar-refractivity contribution >= 4 is 23.6 Å². The quantitative estimate of drug-likeness (QED) is 0.629. The Morgan fingerprint density at radius 2 is 1.95 bits per heavy atom. The Balaban J connectivity index is 2.14. The van der Waals surface area contributed by atoms with E-state index in [4.69, 9.17) is 10.2 Å². The minimum Gasteiger partial charge on any atom is -0.479 e. The summed E-state index contributed by atoms with van der Waals surface area (Å²) in [6.45, 7) is 0.119. The van der Waals surface area contributed by atoms with Crippen LogP contribution < -0.4 is 5.32 Å². The van der Waals surface area contributed by atoms with Gasteiger partial charge in [0, 0.05) is 30.0 Å². The number of hydrogen-bond acceptors (Lipinski definition) is 4. The van der Waals surface area contributed by atoms with Crippen LogP contribution >= 0.6 is 11.8 Å². The first-order valence-corrected chi connectivity index (χ1v) is 7.03. The van der Waals surface area contributed by atoms with Crippen LogP contribution in [0.5, 0.6) is 0 Å². The van der Waals surface area contributed by atoms with Gasteiger partial charge in [0.1, 0.15) is 5.82 Å². The van der Waals surface area contributed by atoms with E-state index in [-0.39, 0.29) is 31.1 Å². The molecule has 0 aliphatic rings. The standard InChI is InChI=1S/C13H16FNO4S/c14-9-1-3-10(4-2-9)20-8-6-12(17)15-7-5-11(16)13(18)19/h1-4,11,16H,5-8H2,(H,15,17)(H,18,19)/t11-/m0/s1. The molecule has 1 aromatic rings. The van der Waals surface area contributed by atoms with Crippen molar-refractivity contribution in [1.29, 1.82) is 0 Å². The average molecular weight is 301 g/mol. The van der Waals surface area contributed by atoms with Crippen molar-refractivity contribution in [2.24, 2.45) is 0 Å². The number of carboxylic acids is 1. The number of halogens is 1. The van der Waals surface area contributed by atoms with Gasteiger partial charge in [-0.2, -0.15) is 0 Å². The van der Waals surface area contributed by atoms with Gasteiger partial charge in [0.2, 0.25) is 5.91 Å². The van der Waals surface area contributed by atoms with Crippen LogP contribution in [0, 0.1) is 5.82 Å². The summed E-state index contributed by atoms with van der Waals surface area (Å²) in [4.78, 5) is 22.6. The Kier molecular flexibility index (Phi) is 7.03. The number of nitrogens with one attached hydrogen (secondary N) is 1. The van der Waals surface area contributed by atoms with E-state index >= 15 is 0 Å². The number of aliphatic hydroxyl groups is 1. The third-order valence-electron chi connectivity index (χ3n) is 2.44. The molecule has 0 heterocycles. The largest absolute Gasteiger partial charge is 0.479 e. The maximum Gasteiger partial charge on any atom is 0.332 e. The van der Waals surface area contributed by atoms with Gasteiger partial charge in [-0.05, 0) is 24.3 Å². The fourth-order valence-electron chi connectivity index (χ4n) is 1.35. The molecule has 3 N–H and O–H groups in total. The summed E-state index contributed by atoms with van der Waals surface area (Å²) in [5.41, 5.74) is 0. The van der Waals surface area contributed by atoms with E-state index in [1.807, 2.05) is 0 Å². The summed E-state index contributed by atoms with van der Waals surface area (Å²) >= 11 is 1.43. The summed E-state index contributed by atoms with van der Waals surface area (Å²) in [7, 11) is 0. The molecule has 0 aromatic heterocycles. The van der Waals surface area contributed by atoms with E-state index in [1.165, 1.54) is 23.9 Å². The van der Waals surface area contributed by atoms with Gasteiger partial charge in [-0.3, -0.25) is 4.79 Å². The highest BCUT2D eigenvalue weighted by molar-refractivity contribution is 7.99. The van der Waals surface area contributed by atoms with Crippen molar-refractivity contribution in [2.75, 3.05) is 12.3 Å². The average Bonchev–Trinajstić information content (AvgIpc) is 2.40. The summed E-state index contributed by atoms with van der Waals surface area (Å²) in [6.07, 6.45) is -1.21. The lowest BCUT2D eigenvalue weighted by atomic mass is 10.2. The molecule has 0 aliphatic heterocycles. The molecule has 110 valence electrons. The number of benzene rings is 1. The van der Waals surface area contributed by atoms with Crippen LogP contribution in [0.1, 0.15) is 12.8 Å². The molecule has 0 radical (unpaired) electrons. The van der Waals surface area contributed by atoms with Gasteiger partial charge >= 0.3 is 5.97 Å². The van der Waals surface area contributed by atoms with Gasteiger partial charge in [-0.15, -0.1) is 11.8 Å². The number of carboxylic acid groups (broad SMARTS) is 1. The minimum absolute atomic E-state index is 0.0216. The van der Waals surface area contributed by atoms with Gasteiger partial charge < -0.3 is 15.5 Å². The highest BCUT2D eigenvalue weighted by atomic mass is 32.2. The van der Waals surface area contributed by atoms with Crippen molar-refractivity contribution in [3.63, 3.8) is 0 Å². The molecule has 5 nitrogen and oxygen atoms in total. The summed E-state index contributed by atoms with van der Waals surface area (Å²) in [5.74, 6) is -1.27. The topological polar surface area (TPSA) is 86.6 Å². The van der Waals surface area contributed by atoms with Gasteiger partial charge in [-0.25, -0.2) is 9.18 Å². The molecule has 0 aliphatic carbocycles. The molecule has 0 saturated heterocycles. The third kappa shape index (κ3) is 6.53. The second-order valence-corrected chi connectivity index (χ2v) is 5.21. The Hall–Kier alpha value is -1.60. The second-order valence-electron chi connectivity index (χ2n) is 4.05. The van der Waals surface area contributed by atoms with Crippen LogP contribution in [-0.4, -0.2) is 40.5 Å². The molecule has 0 fully saturated rings. The summed E-state index contributed by atoms with van der Waals surface area (Å²) in [6, 6.07) is 5.99. The highest BCUT2D eigenvalue weighted by Gasteiger charge is 2.12. The predicted octanol–water partition coefficient (Wildman–Crippen LogP) is 1.26. The maximum absolute atomic E-state index is 12.7. The lowest BCUT2D eigenvalue weighted by Crippen LogP contribution is -2.30. The number of thioether (sulfide) groups is 1. The molecule has 0 spiro atoms. The van der Waals surface area contributed by atoms with Gasteiger partial charge in [0.25, 0.3) is 0 Å². The Morgan fingerprint density at radius 3 is 2.55 bits per heavy atom. The van der Waals surface area contributed by atoms with E-state index < -0.39 is 12.1 Å². The molecular weight excluding hydrogens is 285 g/mol. The first kappa shape index (κ1) is 16.5. The van der Waals surface area contributed by atoms with Crippen molar-refractivity contribution in [2.45, 2.75) is 23.8 Å². The molecule has 1 atom stereocenters. The van der Waals surface area contributed by atoms with E-state index in [2.05, 4.69) is 5.32 Å². The zero-order valence-electron chi connectivity index (χ0n) is 10.7. The lowest BCUT2D eigenvalue weighted by Gasteiger charge is -2.07. The van der Waals surface area contributed by atoms with Crippen molar-refractivity contribution in [3.8, 4) is 0 Å². The monoisotopic (exact) mass is 301 g/mol. The minimum atomic E-state index is -1.45. The maximum atomic E-state index is 12.7. The van der Waals surface area contributed by atoms with Crippen molar-refractivity contribution in [3.05, 3.63) is 30.1 Å². The normalized spacial score (nSPS) is 11.9. The Morgan fingerprint density at radius 1 is 1.30 bits per heavy atom. The van der Waals surface area contributed by atoms with Gasteiger partial charge in [-0.1, -0.05) is 0 Å². The molecule has 1 rings (SSSR count). The number of rotatable bonds is 8. The highest BCUT2D eigenvalue weighted by Crippen LogP contribution is 2.18. The number of aliphatic hydroxyl groups excluding tert-OH is 1. The van der Waals surface area contributed by atoms with Crippen molar-refractivity contribution in [1.82, 2.24) is 5.32 Å². The van der Waals surface area contributed by atoms with Crippen LogP contribution in [0.25, 0.3) is 0 Å². The predicted molar refractivity (Wildman–Crippen MR) is 73.0 cm³/mol. The molecule has 20 heavy (non-hydrogen) atoms. The lowest BCUT2D eigenvalue weighted by molar-refractivity contribution is -0.147. The second kappa shape index (κ2) is 8.55. The zero-order chi connectivity index (χ0) is 15.0.